The fraction of sp³-hybridized carbons (Fsp3) is 0.450. The molecule has 0 atom stereocenters. The molecule has 0 radical (unpaired) electrons. The molecule has 2 aromatic heterocycles. The third-order valence-electron chi connectivity index (χ3n) is 5.49. The monoisotopic (exact) mass is 351 g/mol. The molecule has 1 aromatic carbocycles. The summed E-state index contributed by atoms with van der Waals surface area (Å²) in [6.07, 6.45) is 3.89. The zero-order valence-corrected chi connectivity index (χ0v) is 15.4. The molecule has 1 fully saturated rings. The van der Waals surface area contributed by atoms with Gasteiger partial charge in [0.1, 0.15) is 5.82 Å². The Balaban J connectivity index is 1.35. The number of rotatable bonds is 4. The second-order valence-corrected chi connectivity index (χ2v) is 7.33. The van der Waals surface area contributed by atoms with Crippen LogP contribution in [0.2, 0.25) is 0 Å². The number of hydrogen-bond acceptors (Lipinski definition) is 4. The number of benzene rings is 1. The predicted octanol–water partition coefficient (Wildman–Crippen LogP) is 2.65. The van der Waals surface area contributed by atoms with Crippen molar-refractivity contribution in [2.24, 2.45) is 5.92 Å². The van der Waals surface area contributed by atoms with Crippen LogP contribution in [0.4, 0.5) is 0 Å². The second kappa shape index (κ2) is 7.03. The Morgan fingerprint density at radius 2 is 1.96 bits per heavy atom. The molecule has 1 N–H and O–H groups in total. The lowest BCUT2D eigenvalue weighted by Crippen LogP contribution is -2.36. The maximum atomic E-state index is 12.4. The smallest absolute Gasteiger partial charge is 0.256 e. The van der Waals surface area contributed by atoms with Crippen molar-refractivity contribution in [3.05, 3.63) is 58.0 Å². The standard InChI is InChI=1S/C20H25N5O/c1-14-15(2)21-13-25(20(14)26)11-16-7-9-24(10-8-16)12-19-22-17-5-3-4-6-18(17)23-19/h3-6,13,16H,7-12H2,1-2H3,(H,22,23). The molecule has 3 heterocycles. The summed E-state index contributed by atoms with van der Waals surface area (Å²) in [6.45, 7) is 7.44. The topological polar surface area (TPSA) is 66.8 Å². The molecule has 1 aliphatic heterocycles. The molecule has 6 heteroatoms. The van der Waals surface area contributed by atoms with E-state index in [1.165, 1.54) is 0 Å². The van der Waals surface area contributed by atoms with Gasteiger partial charge >= 0.3 is 0 Å². The van der Waals surface area contributed by atoms with Crippen LogP contribution >= 0.6 is 0 Å². The number of piperidine rings is 1. The Hall–Kier alpha value is -2.47. The van der Waals surface area contributed by atoms with Gasteiger partial charge in [-0.2, -0.15) is 0 Å². The molecule has 0 amide bonds. The average Bonchev–Trinajstić information content (AvgIpc) is 3.06. The highest BCUT2D eigenvalue weighted by Gasteiger charge is 2.21. The fourth-order valence-electron chi connectivity index (χ4n) is 3.70. The maximum absolute atomic E-state index is 12.4. The van der Waals surface area contributed by atoms with Crippen LogP contribution in [0.3, 0.4) is 0 Å². The van der Waals surface area contributed by atoms with Crippen molar-refractivity contribution in [2.75, 3.05) is 13.1 Å². The van der Waals surface area contributed by atoms with Crippen molar-refractivity contribution in [3.63, 3.8) is 0 Å². The highest BCUT2D eigenvalue weighted by atomic mass is 16.1. The van der Waals surface area contributed by atoms with Gasteiger partial charge in [-0.05, 0) is 57.8 Å². The van der Waals surface area contributed by atoms with E-state index in [1.54, 1.807) is 10.9 Å². The molecule has 0 saturated carbocycles. The van der Waals surface area contributed by atoms with Crippen molar-refractivity contribution in [1.82, 2.24) is 24.4 Å². The minimum atomic E-state index is 0.0993. The van der Waals surface area contributed by atoms with Crippen LogP contribution in [0.15, 0.2) is 35.4 Å². The number of nitrogens with one attached hydrogen (secondary N) is 1. The van der Waals surface area contributed by atoms with Gasteiger partial charge in [0.15, 0.2) is 0 Å². The molecule has 1 saturated heterocycles. The molecule has 136 valence electrons. The molecule has 0 unspecified atom stereocenters. The summed E-state index contributed by atoms with van der Waals surface area (Å²) in [5.41, 5.74) is 3.81. The number of para-hydroxylation sites is 2. The van der Waals surface area contributed by atoms with Crippen molar-refractivity contribution in [2.45, 2.75) is 39.8 Å². The maximum Gasteiger partial charge on any atom is 0.256 e. The van der Waals surface area contributed by atoms with E-state index in [-0.39, 0.29) is 5.56 Å². The summed E-state index contributed by atoms with van der Waals surface area (Å²) < 4.78 is 1.78. The van der Waals surface area contributed by atoms with Gasteiger partial charge < -0.3 is 4.98 Å². The Morgan fingerprint density at radius 1 is 1.19 bits per heavy atom. The number of nitrogens with zero attached hydrogens (tertiary/aromatic N) is 4. The summed E-state index contributed by atoms with van der Waals surface area (Å²) in [7, 11) is 0. The van der Waals surface area contributed by atoms with Crippen LogP contribution in [0, 0.1) is 19.8 Å². The third kappa shape index (κ3) is 3.42. The largest absolute Gasteiger partial charge is 0.341 e. The van der Waals surface area contributed by atoms with E-state index in [4.69, 9.17) is 0 Å². The summed E-state index contributed by atoms with van der Waals surface area (Å²) in [5.74, 6) is 1.56. The molecule has 1 aliphatic rings. The van der Waals surface area contributed by atoms with Crippen LogP contribution in [0.5, 0.6) is 0 Å². The fourth-order valence-corrected chi connectivity index (χ4v) is 3.70. The van der Waals surface area contributed by atoms with Gasteiger partial charge in [-0.3, -0.25) is 14.3 Å². The number of hydrogen-bond donors (Lipinski definition) is 1. The first-order chi connectivity index (χ1) is 12.6. The minimum Gasteiger partial charge on any atom is -0.341 e. The molecule has 26 heavy (non-hydrogen) atoms. The molecule has 3 aromatic rings. The molecular weight excluding hydrogens is 326 g/mol. The van der Waals surface area contributed by atoms with Crippen molar-refractivity contribution in [1.29, 1.82) is 0 Å². The van der Waals surface area contributed by atoms with Crippen molar-refractivity contribution in [3.8, 4) is 0 Å². The quantitative estimate of drug-likeness (QED) is 0.785. The number of aryl methyl sites for hydroxylation is 1. The number of imidazole rings is 1. The number of fused-ring (bicyclic) bond motifs is 1. The van der Waals surface area contributed by atoms with Gasteiger partial charge in [0.05, 0.1) is 23.9 Å². The number of aromatic nitrogens is 4. The Bertz CT molecular complexity index is 933. The first-order valence-corrected chi connectivity index (χ1v) is 9.29. The number of H-pyrrole nitrogens is 1. The lowest BCUT2D eigenvalue weighted by molar-refractivity contribution is 0.163. The molecular formula is C20H25N5O. The van der Waals surface area contributed by atoms with E-state index in [2.05, 4.69) is 25.9 Å². The summed E-state index contributed by atoms with van der Waals surface area (Å²) in [5, 5.41) is 0. The van der Waals surface area contributed by atoms with Crippen LogP contribution in [-0.2, 0) is 13.1 Å². The van der Waals surface area contributed by atoms with Crippen LogP contribution in [0.25, 0.3) is 11.0 Å². The predicted molar refractivity (Wildman–Crippen MR) is 102 cm³/mol. The van der Waals surface area contributed by atoms with E-state index in [0.717, 1.165) is 67.1 Å². The lowest BCUT2D eigenvalue weighted by atomic mass is 9.96. The van der Waals surface area contributed by atoms with Gasteiger partial charge in [0.25, 0.3) is 5.56 Å². The second-order valence-electron chi connectivity index (χ2n) is 7.33. The lowest BCUT2D eigenvalue weighted by Gasteiger charge is -2.31. The zero-order valence-electron chi connectivity index (χ0n) is 15.4. The summed E-state index contributed by atoms with van der Waals surface area (Å²) >= 11 is 0. The average molecular weight is 351 g/mol. The number of aromatic amines is 1. The number of likely N-dealkylation sites (tertiary alicyclic amines) is 1. The van der Waals surface area contributed by atoms with Crippen LogP contribution < -0.4 is 5.56 Å². The van der Waals surface area contributed by atoms with Gasteiger partial charge in [-0.25, -0.2) is 9.97 Å². The molecule has 0 spiro atoms. The Labute approximate surface area is 152 Å². The molecule has 4 rings (SSSR count). The first kappa shape index (κ1) is 17.0. The van der Waals surface area contributed by atoms with E-state index >= 15 is 0 Å². The Kier molecular flexibility index (Phi) is 4.59. The van der Waals surface area contributed by atoms with Gasteiger partial charge in [0.2, 0.25) is 0 Å². The molecule has 0 aliphatic carbocycles. The van der Waals surface area contributed by atoms with E-state index in [9.17, 15) is 4.79 Å². The van der Waals surface area contributed by atoms with Gasteiger partial charge in [-0.15, -0.1) is 0 Å². The van der Waals surface area contributed by atoms with Gasteiger partial charge in [0, 0.05) is 17.8 Å². The van der Waals surface area contributed by atoms with E-state index < -0.39 is 0 Å². The molecule has 6 nitrogen and oxygen atoms in total. The first-order valence-electron chi connectivity index (χ1n) is 9.29. The summed E-state index contributed by atoms with van der Waals surface area (Å²) in [4.78, 5) is 27.2. The Morgan fingerprint density at radius 3 is 2.73 bits per heavy atom. The van der Waals surface area contributed by atoms with E-state index in [1.807, 2.05) is 32.0 Å². The van der Waals surface area contributed by atoms with Crippen LogP contribution in [0.1, 0.15) is 29.9 Å². The normalized spacial score (nSPS) is 16.4. The van der Waals surface area contributed by atoms with Gasteiger partial charge in [-0.1, -0.05) is 12.1 Å². The van der Waals surface area contributed by atoms with Crippen LogP contribution in [-0.4, -0.2) is 37.5 Å². The third-order valence-corrected chi connectivity index (χ3v) is 5.49. The zero-order chi connectivity index (χ0) is 18.1. The SMILES string of the molecule is Cc1ncn(CC2CCN(Cc3nc4ccccc4[nH]3)CC2)c(=O)c1C. The minimum absolute atomic E-state index is 0.0993. The molecule has 0 bridgehead atoms. The van der Waals surface area contributed by atoms with E-state index in [0.29, 0.717) is 5.92 Å². The summed E-state index contributed by atoms with van der Waals surface area (Å²) in [6, 6.07) is 8.14. The van der Waals surface area contributed by atoms with Crippen molar-refractivity contribution >= 4 is 11.0 Å². The van der Waals surface area contributed by atoms with Crippen molar-refractivity contribution < 1.29 is 0 Å². The highest BCUT2D eigenvalue weighted by Crippen LogP contribution is 2.20. The highest BCUT2D eigenvalue weighted by molar-refractivity contribution is 5.74.